The van der Waals surface area contributed by atoms with Crippen LogP contribution in [-0.4, -0.2) is 22.3 Å². The molecule has 3 unspecified atom stereocenters. The fourth-order valence-corrected chi connectivity index (χ4v) is 4.33. The van der Waals surface area contributed by atoms with E-state index in [2.05, 4.69) is 26.8 Å². The molecule has 1 aliphatic carbocycles. The largest absolute Gasteiger partial charge is 0.507 e. The molecule has 0 saturated carbocycles. The van der Waals surface area contributed by atoms with Gasteiger partial charge in [0.1, 0.15) is 17.1 Å². The van der Waals surface area contributed by atoms with Crippen molar-refractivity contribution in [3.8, 4) is 11.5 Å². The van der Waals surface area contributed by atoms with Crippen molar-refractivity contribution in [2.24, 2.45) is 5.92 Å². The number of rotatable bonds is 5. The summed E-state index contributed by atoms with van der Waals surface area (Å²) >= 11 is 0. The molecule has 0 amide bonds. The van der Waals surface area contributed by atoms with Gasteiger partial charge in [-0.1, -0.05) is 31.4 Å². The minimum Gasteiger partial charge on any atom is -0.507 e. The lowest BCUT2D eigenvalue weighted by molar-refractivity contribution is 0.0690. The Morgan fingerprint density at radius 1 is 1.36 bits per heavy atom. The second-order valence-corrected chi connectivity index (χ2v) is 7.50. The number of aryl methyl sites for hydroxylation is 1. The summed E-state index contributed by atoms with van der Waals surface area (Å²) < 4.78 is 6.12. The number of carboxylic acids is 1. The molecule has 3 rings (SSSR count). The minimum absolute atomic E-state index is 0.0373. The Bertz CT molecular complexity index is 704. The monoisotopic (exact) mass is 344 g/mol. The predicted molar refractivity (Wildman–Crippen MR) is 97.6 cm³/mol. The average molecular weight is 344 g/mol. The van der Waals surface area contributed by atoms with Gasteiger partial charge in [0, 0.05) is 17.4 Å². The quantitative estimate of drug-likeness (QED) is 0.580. The summed E-state index contributed by atoms with van der Waals surface area (Å²) in [5, 5.41) is 20.6. The van der Waals surface area contributed by atoms with Gasteiger partial charge in [0.25, 0.3) is 0 Å². The first-order valence-corrected chi connectivity index (χ1v) is 9.40. The fraction of sp³-hybridized carbons (Fsp3) is 0.571. The number of hydrogen-bond acceptors (Lipinski definition) is 3. The molecule has 1 heterocycles. The number of aromatic carboxylic acids is 1. The van der Waals surface area contributed by atoms with Gasteiger partial charge >= 0.3 is 5.97 Å². The topological polar surface area (TPSA) is 66.8 Å². The number of benzene rings is 1. The van der Waals surface area contributed by atoms with E-state index in [-0.39, 0.29) is 29.3 Å². The maximum atomic E-state index is 11.8. The molecule has 0 saturated heterocycles. The van der Waals surface area contributed by atoms with E-state index in [0.717, 1.165) is 32.1 Å². The molecule has 25 heavy (non-hydrogen) atoms. The Morgan fingerprint density at radius 2 is 2.12 bits per heavy atom. The second kappa shape index (κ2) is 7.11. The minimum atomic E-state index is -1.06. The molecule has 2 aliphatic rings. The summed E-state index contributed by atoms with van der Waals surface area (Å²) in [6.45, 7) is 6.30. The van der Waals surface area contributed by atoms with Gasteiger partial charge in [-0.05, 0) is 51.2 Å². The maximum absolute atomic E-state index is 11.8. The zero-order chi connectivity index (χ0) is 18.1. The van der Waals surface area contributed by atoms with E-state index >= 15 is 0 Å². The number of ether oxygens (including phenoxy) is 1. The van der Waals surface area contributed by atoms with Gasteiger partial charge in [0.2, 0.25) is 0 Å². The Morgan fingerprint density at radius 3 is 2.80 bits per heavy atom. The smallest absolute Gasteiger partial charge is 0.339 e. The van der Waals surface area contributed by atoms with Crippen LogP contribution >= 0.6 is 0 Å². The van der Waals surface area contributed by atoms with Crippen molar-refractivity contribution < 1.29 is 19.7 Å². The first-order valence-electron chi connectivity index (χ1n) is 9.40. The maximum Gasteiger partial charge on any atom is 0.339 e. The van der Waals surface area contributed by atoms with Crippen molar-refractivity contribution in [2.75, 3.05) is 0 Å². The number of allylic oxidation sites excluding steroid dienone is 2. The molecule has 0 bridgehead atoms. The Labute approximate surface area is 149 Å². The highest BCUT2D eigenvalue weighted by atomic mass is 16.5. The van der Waals surface area contributed by atoms with E-state index in [4.69, 9.17) is 4.74 Å². The predicted octanol–water partition coefficient (Wildman–Crippen LogP) is 5.04. The van der Waals surface area contributed by atoms with E-state index in [1.54, 1.807) is 0 Å². The van der Waals surface area contributed by atoms with Crippen molar-refractivity contribution in [1.29, 1.82) is 0 Å². The SMILES string of the molecule is CCCCCc1cc2c(c(O)c1C(=O)O)C1C=C(C)CCC1C(C)O2. The molecule has 4 heteroatoms. The number of unbranched alkanes of at least 4 members (excludes halogenated alkanes) is 2. The van der Waals surface area contributed by atoms with E-state index in [0.29, 0.717) is 23.3 Å². The third-order valence-corrected chi connectivity index (χ3v) is 5.69. The zero-order valence-electron chi connectivity index (χ0n) is 15.3. The molecule has 3 atom stereocenters. The lowest BCUT2D eigenvalue weighted by Crippen LogP contribution is -2.35. The molecular formula is C21H28O4. The summed E-state index contributed by atoms with van der Waals surface area (Å²) in [5.41, 5.74) is 2.70. The summed E-state index contributed by atoms with van der Waals surface area (Å²) in [7, 11) is 0. The highest BCUT2D eigenvalue weighted by Gasteiger charge is 2.40. The molecule has 2 N–H and O–H groups in total. The van der Waals surface area contributed by atoms with Crippen LogP contribution in [0.3, 0.4) is 0 Å². The first-order chi connectivity index (χ1) is 11.9. The number of phenols is 1. The zero-order valence-corrected chi connectivity index (χ0v) is 15.3. The third kappa shape index (κ3) is 3.26. The number of carbonyl (C=O) groups is 1. The number of aromatic hydroxyl groups is 1. The van der Waals surface area contributed by atoms with Gasteiger partial charge in [0.15, 0.2) is 0 Å². The van der Waals surface area contributed by atoms with Crippen molar-refractivity contribution >= 4 is 5.97 Å². The second-order valence-electron chi connectivity index (χ2n) is 7.50. The van der Waals surface area contributed by atoms with Crippen molar-refractivity contribution in [3.05, 3.63) is 34.4 Å². The van der Waals surface area contributed by atoms with Crippen LogP contribution in [0, 0.1) is 5.92 Å². The number of fused-ring (bicyclic) bond motifs is 3. The van der Waals surface area contributed by atoms with Gasteiger partial charge in [0.05, 0.1) is 6.10 Å². The van der Waals surface area contributed by atoms with Crippen LogP contribution in [0.5, 0.6) is 11.5 Å². The highest BCUT2D eigenvalue weighted by molar-refractivity contribution is 5.94. The molecule has 4 nitrogen and oxygen atoms in total. The van der Waals surface area contributed by atoms with Crippen molar-refractivity contribution in [1.82, 2.24) is 0 Å². The summed E-state index contributed by atoms with van der Waals surface area (Å²) in [6.07, 6.45) is 7.97. The molecule has 136 valence electrons. The lowest BCUT2D eigenvalue weighted by atomic mass is 9.72. The molecule has 1 aliphatic heterocycles. The van der Waals surface area contributed by atoms with Crippen LogP contribution in [0.15, 0.2) is 17.7 Å². The van der Waals surface area contributed by atoms with Crippen LogP contribution in [0.1, 0.15) is 80.3 Å². The van der Waals surface area contributed by atoms with E-state index in [9.17, 15) is 15.0 Å². The molecule has 1 aromatic rings. The van der Waals surface area contributed by atoms with Crippen LogP contribution in [-0.2, 0) is 6.42 Å². The lowest BCUT2D eigenvalue weighted by Gasteiger charge is -2.40. The van der Waals surface area contributed by atoms with Crippen LogP contribution in [0.2, 0.25) is 0 Å². The summed E-state index contributed by atoms with van der Waals surface area (Å²) in [5.74, 6) is -0.165. The van der Waals surface area contributed by atoms with Crippen LogP contribution in [0.4, 0.5) is 0 Å². The first kappa shape index (κ1) is 17.8. The van der Waals surface area contributed by atoms with E-state index in [1.165, 1.54) is 5.57 Å². The summed E-state index contributed by atoms with van der Waals surface area (Å²) in [4.78, 5) is 11.8. The molecule has 0 aromatic heterocycles. The standard InChI is InChI=1S/C21H28O4/c1-4-5-6-7-14-11-17-19(20(22)18(14)21(23)24)16-10-12(2)8-9-15(16)13(3)25-17/h10-11,13,15-16,22H,4-9H2,1-3H3,(H,23,24). The van der Waals surface area contributed by atoms with E-state index < -0.39 is 5.97 Å². The van der Waals surface area contributed by atoms with Crippen molar-refractivity contribution in [3.63, 3.8) is 0 Å². The van der Waals surface area contributed by atoms with Crippen LogP contribution < -0.4 is 4.74 Å². The molecule has 0 spiro atoms. The van der Waals surface area contributed by atoms with Gasteiger partial charge in [-0.15, -0.1) is 0 Å². The third-order valence-electron chi connectivity index (χ3n) is 5.69. The normalized spacial score (nSPS) is 24.8. The Kier molecular flexibility index (Phi) is 5.07. The Balaban J connectivity index is 2.11. The van der Waals surface area contributed by atoms with Gasteiger partial charge in [-0.25, -0.2) is 4.79 Å². The van der Waals surface area contributed by atoms with Gasteiger partial charge in [-0.2, -0.15) is 0 Å². The molecular weight excluding hydrogens is 316 g/mol. The number of carboxylic acid groups (broad SMARTS) is 1. The Hall–Kier alpha value is -1.97. The van der Waals surface area contributed by atoms with Gasteiger partial charge in [-0.3, -0.25) is 0 Å². The summed E-state index contributed by atoms with van der Waals surface area (Å²) in [6, 6.07) is 1.86. The van der Waals surface area contributed by atoms with E-state index in [1.807, 2.05) is 6.07 Å². The fourth-order valence-electron chi connectivity index (χ4n) is 4.33. The van der Waals surface area contributed by atoms with Gasteiger partial charge < -0.3 is 14.9 Å². The molecule has 0 fully saturated rings. The van der Waals surface area contributed by atoms with Crippen LogP contribution in [0.25, 0.3) is 0 Å². The molecule has 0 radical (unpaired) electrons. The average Bonchev–Trinajstić information content (AvgIpc) is 2.54. The highest BCUT2D eigenvalue weighted by Crippen LogP contribution is 2.51. The molecule has 1 aromatic carbocycles. The number of hydrogen-bond donors (Lipinski definition) is 2. The van der Waals surface area contributed by atoms with Crippen molar-refractivity contribution in [2.45, 2.75) is 71.3 Å².